The lowest BCUT2D eigenvalue weighted by Crippen LogP contribution is -2.13. The molecule has 0 rings (SSSR count). The number of aliphatic hydroxyl groups is 1. The molecule has 0 aliphatic carbocycles. The van der Waals surface area contributed by atoms with E-state index in [1.807, 2.05) is 0 Å². The first kappa shape index (κ1) is 12.8. The topological polar surface area (TPSA) is 49.3 Å². The van der Waals surface area contributed by atoms with Gasteiger partial charge in [-0.3, -0.25) is 4.79 Å². The molecule has 0 heterocycles. The van der Waals surface area contributed by atoms with E-state index in [0.29, 0.717) is 6.61 Å². The maximum atomic E-state index is 9.95. The van der Waals surface area contributed by atoms with E-state index >= 15 is 0 Å². The van der Waals surface area contributed by atoms with Gasteiger partial charge in [0.15, 0.2) is 0 Å². The first-order valence-electron chi connectivity index (χ1n) is 3.67. The van der Waals surface area contributed by atoms with Crippen LogP contribution < -0.4 is 5.32 Å². The van der Waals surface area contributed by atoms with Crippen LogP contribution in [-0.4, -0.2) is 24.7 Å². The van der Waals surface area contributed by atoms with Crippen LogP contribution in [-0.2, 0) is 4.79 Å². The van der Waals surface area contributed by atoms with Crippen LogP contribution in [0.2, 0.25) is 0 Å². The van der Waals surface area contributed by atoms with Gasteiger partial charge in [0.05, 0.1) is 0 Å². The third kappa shape index (κ3) is 17.6. The summed E-state index contributed by atoms with van der Waals surface area (Å²) in [5.74, 6) is -0.144. The van der Waals surface area contributed by atoms with Crippen LogP contribution in [0.3, 0.4) is 0 Å². The van der Waals surface area contributed by atoms with E-state index in [1.165, 1.54) is 6.08 Å². The smallest absolute Gasteiger partial charge is 0.243 e. The molecule has 0 aromatic rings. The van der Waals surface area contributed by atoms with Crippen molar-refractivity contribution >= 4 is 5.91 Å². The Balaban J connectivity index is 0. The van der Waals surface area contributed by atoms with E-state index in [4.69, 9.17) is 5.11 Å². The van der Waals surface area contributed by atoms with Crippen molar-refractivity contribution in [3.8, 4) is 0 Å². The molecule has 1 amide bonds. The maximum Gasteiger partial charge on any atom is 0.243 e. The van der Waals surface area contributed by atoms with Gasteiger partial charge in [-0.05, 0) is 12.5 Å². The lowest BCUT2D eigenvalue weighted by molar-refractivity contribution is -0.116. The zero-order valence-corrected chi connectivity index (χ0v) is 7.26. The molecule has 3 nitrogen and oxygen atoms in total. The largest absolute Gasteiger partial charge is 0.396 e. The predicted molar refractivity (Wildman–Crippen MR) is 46.3 cm³/mol. The van der Waals surface area contributed by atoms with Crippen LogP contribution in [0, 0.1) is 0 Å². The standard InChI is InChI=1S/C4H7NO.C4H10O/c1-3-4(6)5-2;1-2-3-4-5/h3H,1H2,2H3,(H,5,6);5H,2-4H2,1H3. The number of hydrogen-bond donors (Lipinski definition) is 2. The molecule has 3 heteroatoms. The summed E-state index contributed by atoms with van der Waals surface area (Å²) in [6.45, 7) is 5.61. The van der Waals surface area contributed by atoms with Crippen LogP contribution >= 0.6 is 0 Å². The van der Waals surface area contributed by atoms with E-state index in [-0.39, 0.29) is 5.91 Å². The number of rotatable bonds is 3. The summed E-state index contributed by atoms with van der Waals surface area (Å²) in [4.78, 5) is 9.95. The van der Waals surface area contributed by atoms with Crippen molar-refractivity contribution in [2.75, 3.05) is 13.7 Å². The first-order valence-corrected chi connectivity index (χ1v) is 3.67. The summed E-state index contributed by atoms with van der Waals surface area (Å²) in [6, 6.07) is 0. The Labute approximate surface area is 68.1 Å². The van der Waals surface area contributed by atoms with Gasteiger partial charge in [-0.15, -0.1) is 0 Å². The molecule has 0 radical (unpaired) electrons. The van der Waals surface area contributed by atoms with Crippen LogP contribution in [0.15, 0.2) is 12.7 Å². The minimum absolute atomic E-state index is 0.144. The van der Waals surface area contributed by atoms with Crippen molar-refractivity contribution in [1.82, 2.24) is 5.32 Å². The van der Waals surface area contributed by atoms with Crippen LogP contribution in [0.4, 0.5) is 0 Å². The average Bonchev–Trinajstić information content (AvgIpc) is 2.06. The SMILES string of the molecule is C=CC(=O)NC.CCCCO. The monoisotopic (exact) mass is 159 g/mol. The minimum Gasteiger partial charge on any atom is -0.396 e. The van der Waals surface area contributed by atoms with Crippen LogP contribution in [0.1, 0.15) is 19.8 Å². The van der Waals surface area contributed by atoms with Crippen LogP contribution in [0.5, 0.6) is 0 Å². The molecule has 0 unspecified atom stereocenters. The number of carbonyl (C=O) groups excluding carboxylic acids is 1. The van der Waals surface area contributed by atoms with Crippen LogP contribution in [0.25, 0.3) is 0 Å². The zero-order chi connectivity index (χ0) is 9.11. The summed E-state index contributed by atoms with van der Waals surface area (Å²) in [5.41, 5.74) is 0. The Kier molecular flexibility index (Phi) is 13.9. The first-order chi connectivity index (χ1) is 5.22. The molecule has 0 bridgehead atoms. The molecule has 0 atom stereocenters. The highest BCUT2D eigenvalue weighted by Crippen LogP contribution is 1.78. The molecule has 0 fully saturated rings. The summed E-state index contributed by atoms with van der Waals surface area (Å²) in [6.07, 6.45) is 3.26. The summed E-state index contributed by atoms with van der Waals surface area (Å²) < 4.78 is 0. The fourth-order valence-corrected chi connectivity index (χ4v) is 0.260. The Hall–Kier alpha value is -0.830. The minimum atomic E-state index is -0.144. The number of nitrogens with one attached hydrogen (secondary N) is 1. The molecule has 0 aromatic heterocycles. The Morgan fingerprint density at radius 1 is 1.73 bits per heavy atom. The Morgan fingerprint density at radius 3 is 2.27 bits per heavy atom. The highest BCUT2D eigenvalue weighted by atomic mass is 16.2. The van der Waals surface area contributed by atoms with E-state index in [1.54, 1.807) is 7.05 Å². The third-order valence-electron chi connectivity index (χ3n) is 0.943. The van der Waals surface area contributed by atoms with Crippen molar-refractivity contribution in [2.24, 2.45) is 0 Å². The van der Waals surface area contributed by atoms with Gasteiger partial charge in [-0.2, -0.15) is 0 Å². The second-order valence-corrected chi connectivity index (χ2v) is 1.90. The zero-order valence-electron chi connectivity index (χ0n) is 7.26. The number of carbonyl (C=O) groups is 1. The number of likely N-dealkylation sites (N-methyl/N-ethyl adjacent to an activating group) is 1. The van der Waals surface area contributed by atoms with E-state index in [2.05, 4.69) is 18.8 Å². The van der Waals surface area contributed by atoms with Gasteiger partial charge < -0.3 is 10.4 Å². The molecule has 2 N–H and O–H groups in total. The fourth-order valence-electron chi connectivity index (χ4n) is 0.260. The lowest BCUT2D eigenvalue weighted by Gasteiger charge is -1.82. The van der Waals surface area contributed by atoms with Gasteiger partial charge in [-0.1, -0.05) is 19.9 Å². The van der Waals surface area contributed by atoms with E-state index in [9.17, 15) is 4.79 Å². The molecule has 0 aromatic carbocycles. The van der Waals surface area contributed by atoms with Crippen molar-refractivity contribution < 1.29 is 9.90 Å². The molecule has 0 saturated carbocycles. The highest BCUT2D eigenvalue weighted by Gasteiger charge is 1.78. The molecule has 0 saturated heterocycles. The number of amides is 1. The molecule has 66 valence electrons. The van der Waals surface area contributed by atoms with Crippen molar-refractivity contribution in [3.63, 3.8) is 0 Å². The number of hydrogen-bond acceptors (Lipinski definition) is 2. The molecule has 0 spiro atoms. The normalized spacial score (nSPS) is 7.55. The third-order valence-corrected chi connectivity index (χ3v) is 0.943. The van der Waals surface area contributed by atoms with Crippen molar-refractivity contribution in [2.45, 2.75) is 19.8 Å². The fraction of sp³-hybridized carbons (Fsp3) is 0.625. The van der Waals surface area contributed by atoms with Gasteiger partial charge in [0.2, 0.25) is 5.91 Å². The van der Waals surface area contributed by atoms with Gasteiger partial charge in [0, 0.05) is 13.7 Å². The quantitative estimate of drug-likeness (QED) is 0.595. The van der Waals surface area contributed by atoms with E-state index in [0.717, 1.165) is 12.8 Å². The molecule has 0 aliphatic heterocycles. The average molecular weight is 159 g/mol. The second kappa shape index (κ2) is 11.9. The van der Waals surface area contributed by atoms with Gasteiger partial charge in [0.1, 0.15) is 0 Å². The molecule has 0 aliphatic rings. The lowest BCUT2D eigenvalue weighted by atomic mass is 10.4. The van der Waals surface area contributed by atoms with Gasteiger partial charge in [0.25, 0.3) is 0 Å². The van der Waals surface area contributed by atoms with Crippen molar-refractivity contribution in [1.29, 1.82) is 0 Å². The highest BCUT2D eigenvalue weighted by molar-refractivity contribution is 5.86. The summed E-state index contributed by atoms with van der Waals surface area (Å²) in [5, 5.41) is 10.4. The molecular formula is C8H17NO2. The number of unbranched alkanes of at least 4 members (excludes halogenated alkanes) is 1. The summed E-state index contributed by atoms with van der Waals surface area (Å²) in [7, 11) is 1.56. The Morgan fingerprint density at radius 2 is 2.27 bits per heavy atom. The van der Waals surface area contributed by atoms with Gasteiger partial charge >= 0.3 is 0 Å². The predicted octanol–water partition coefficient (Wildman–Crippen LogP) is 0.697. The second-order valence-electron chi connectivity index (χ2n) is 1.90. The summed E-state index contributed by atoms with van der Waals surface area (Å²) >= 11 is 0. The molecular weight excluding hydrogens is 142 g/mol. The Bertz CT molecular complexity index is 100. The number of aliphatic hydroxyl groups excluding tert-OH is 1. The van der Waals surface area contributed by atoms with Crippen molar-refractivity contribution in [3.05, 3.63) is 12.7 Å². The van der Waals surface area contributed by atoms with Gasteiger partial charge in [-0.25, -0.2) is 0 Å². The molecule has 11 heavy (non-hydrogen) atoms. The van der Waals surface area contributed by atoms with E-state index < -0.39 is 0 Å². The maximum absolute atomic E-state index is 9.95.